The number of anilines is 2. The van der Waals surface area contributed by atoms with Crippen LogP contribution in [-0.4, -0.2) is 26.2 Å². The number of aryl methyl sites for hydroxylation is 2. The highest BCUT2D eigenvalue weighted by atomic mass is 16.5. The van der Waals surface area contributed by atoms with Crippen LogP contribution in [0.15, 0.2) is 30.3 Å². The molecular formula is C29H44N2O3. The molecule has 0 aliphatic heterocycles. The number of nitrogen functional groups attached to an aromatic ring is 1. The van der Waals surface area contributed by atoms with E-state index in [0.717, 1.165) is 65.2 Å². The van der Waals surface area contributed by atoms with E-state index in [1.54, 1.807) is 20.1 Å². The van der Waals surface area contributed by atoms with Crippen molar-refractivity contribution in [2.24, 2.45) is 11.8 Å². The summed E-state index contributed by atoms with van der Waals surface area (Å²) in [6.45, 7) is 9.88. The molecule has 188 valence electrons. The molecule has 0 radical (unpaired) electrons. The zero-order chi connectivity index (χ0) is 25.7. The smallest absolute Gasteiger partial charge is 0.160 e. The van der Waals surface area contributed by atoms with Gasteiger partial charge in [0.15, 0.2) is 5.78 Å². The summed E-state index contributed by atoms with van der Waals surface area (Å²) in [4.78, 5) is 21.6. The number of benzene rings is 2. The SMILES string of the molecule is CCC1CCC(C=O)CC1.CCc1c(C)cc(N)cc1C(C)=O.CNc1ccc(C)c(OC)c1. The molecule has 2 aromatic rings. The van der Waals surface area contributed by atoms with Gasteiger partial charge in [-0.25, -0.2) is 0 Å². The van der Waals surface area contributed by atoms with Gasteiger partial charge in [0.2, 0.25) is 0 Å². The number of Topliss-reactive ketones (excluding diaryl/α,β-unsaturated/α-hetero) is 1. The Morgan fingerprint density at radius 3 is 2.21 bits per heavy atom. The van der Waals surface area contributed by atoms with Crippen molar-refractivity contribution in [2.75, 3.05) is 25.2 Å². The second-order valence-electron chi connectivity index (χ2n) is 9.03. The van der Waals surface area contributed by atoms with E-state index in [4.69, 9.17) is 10.5 Å². The molecule has 34 heavy (non-hydrogen) atoms. The van der Waals surface area contributed by atoms with E-state index in [1.165, 1.54) is 19.3 Å². The minimum absolute atomic E-state index is 0.0900. The highest BCUT2D eigenvalue weighted by Gasteiger charge is 2.18. The van der Waals surface area contributed by atoms with Crippen molar-refractivity contribution >= 4 is 23.4 Å². The molecule has 0 spiro atoms. The van der Waals surface area contributed by atoms with Gasteiger partial charge >= 0.3 is 0 Å². The summed E-state index contributed by atoms with van der Waals surface area (Å²) >= 11 is 0. The van der Waals surface area contributed by atoms with Gasteiger partial charge in [-0.3, -0.25) is 4.79 Å². The molecule has 3 rings (SSSR count). The number of ether oxygens (including phenoxy) is 1. The predicted molar refractivity (Wildman–Crippen MR) is 144 cm³/mol. The van der Waals surface area contributed by atoms with E-state index in [9.17, 15) is 9.59 Å². The molecule has 1 saturated carbocycles. The molecular weight excluding hydrogens is 424 g/mol. The zero-order valence-electron chi connectivity index (χ0n) is 22.2. The molecule has 0 amide bonds. The molecule has 1 fully saturated rings. The molecule has 0 heterocycles. The largest absolute Gasteiger partial charge is 0.496 e. The second-order valence-corrected chi connectivity index (χ2v) is 9.03. The Balaban J connectivity index is 0.000000257. The van der Waals surface area contributed by atoms with Gasteiger partial charge < -0.3 is 20.6 Å². The molecule has 0 atom stereocenters. The van der Waals surface area contributed by atoms with E-state index < -0.39 is 0 Å². The van der Waals surface area contributed by atoms with Crippen LogP contribution in [0.2, 0.25) is 0 Å². The van der Waals surface area contributed by atoms with Crippen LogP contribution in [0, 0.1) is 25.7 Å². The lowest BCUT2D eigenvalue weighted by molar-refractivity contribution is -0.112. The normalized spacial score (nSPS) is 16.8. The molecule has 0 aromatic heterocycles. The van der Waals surface area contributed by atoms with Gasteiger partial charge in [-0.05, 0) is 93.7 Å². The molecule has 1 aliphatic carbocycles. The maximum Gasteiger partial charge on any atom is 0.160 e. The lowest BCUT2D eigenvalue weighted by Crippen LogP contribution is -2.14. The fourth-order valence-corrected chi connectivity index (χ4v) is 4.34. The van der Waals surface area contributed by atoms with Crippen LogP contribution in [0.5, 0.6) is 5.75 Å². The van der Waals surface area contributed by atoms with Crippen molar-refractivity contribution in [1.29, 1.82) is 0 Å². The summed E-state index contributed by atoms with van der Waals surface area (Å²) in [6, 6.07) is 9.71. The van der Waals surface area contributed by atoms with Crippen molar-refractivity contribution in [1.82, 2.24) is 0 Å². The predicted octanol–water partition coefficient (Wildman–Crippen LogP) is 6.79. The van der Waals surface area contributed by atoms with E-state index in [-0.39, 0.29) is 5.78 Å². The average molecular weight is 469 g/mol. The van der Waals surface area contributed by atoms with Crippen molar-refractivity contribution in [3.63, 3.8) is 0 Å². The molecule has 3 N–H and O–H groups in total. The first-order chi connectivity index (χ1) is 16.2. The Labute approximate surface area is 206 Å². The topological polar surface area (TPSA) is 81.4 Å². The van der Waals surface area contributed by atoms with Gasteiger partial charge in [0, 0.05) is 36.0 Å². The van der Waals surface area contributed by atoms with Crippen molar-refractivity contribution < 1.29 is 14.3 Å². The van der Waals surface area contributed by atoms with E-state index >= 15 is 0 Å². The average Bonchev–Trinajstić information content (AvgIpc) is 2.84. The number of carbonyl (C=O) groups excluding carboxylic acids is 2. The fourth-order valence-electron chi connectivity index (χ4n) is 4.34. The van der Waals surface area contributed by atoms with Crippen LogP contribution in [0.25, 0.3) is 0 Å². The highest BCUT2D eigenvalue weighted by Crippen LogP contribution is 2.29. The third-order valence-electron chi connectivity index (χ3n) is 6.59. The van der Waals surface area contributed by atoms with Crippen LogP contribution in [0.4, 0.5) is 11.4 Å². The summed E-state index contributed by atoms with van der Waals surface area (Å²) in [5.41, 5.74) is 11.6. The Hall–Kier alpha value is -2.82. The molecule has 5 heteroatoms. The summed E-state index contributed by atoms with van der Waals surface area (Å²) in [5, 5.41) is 3.05. The number of hydrogen-bond donors (Lipinski definition) is 2. The first-order valence-corrected chi connectivity index (χ1v) is 12.4. The van der Waals surface area contributed by atoms with E-state index in [0.29, 0.717) is 11.6 Å². The van der Waals surface area contributed by atoms with Gasteiger partial charge in [-0.1, -0.05) is 26.3 Å². The molecule has 0 unspecified atom stereocenters. The van der Waals surface area contributed by atoms with Crippen molar-refractivity contribution in [3.8, 4) is 5.75 Å². The highest BCUT2D eigenvalue weighted by molar-refractivity contribution is 5.96. The Morgan fingerprint density at radius 1 is 1.09 bits per heavy atom. The zero-order valence-corrected chi connectivity index (χ0v) is 22.2. The molecule has 0 saturated heterocycles. The minimum Gasteiger partial charge on any atom is -0.496 e. The number of carbonyl (C=O) groups is 2. The summed E-state index contributed by atoms with van der Waals surface area (Å²) in [6.07, 6.45) is 8.14. The molecule has 1 aliphatic rings. The Kier molecular flexibility index (Phi) is 13.0. The van der Waals surface area contributed by atoms with Crippen LogP contribution < -0.4 is 15.8 Å². The first kappa shape index (κ1) is 29.2. The van der Waals surface area contributed by atoms with Crippen molar-refractivity contribution in [3.05, 3.63) is 52.6 Å². The summed E-state index contributed by atoms with van der Waals surface area (Å²) in [7, 11) is 3.58. The van der Waals surface area contributed by atoms with Gasteiger partial charge in [0.25, 0.3) is 0 Å². The van der Waals surface area contributed by atoms with Gasteiger partial charge in [0.05, 0.1) is 7.11 Å². The number of ketones is 1. The van der Waals surface area contributed by atoms with E-state index in [2.05, 4.69) is 12.2 Å². The number of nitrogens with one attached hydrogen (secondary N) is 1. The minimum atomic E-state index is 0.0900. The van der Waals surface area contributed by atoms with E-state index in [1.807, 2.05) is 52.1 Å². The van der Waals surface area contributed by atoms with Crippen LogP contribution in [-0.2, 0) is 11.2 Å². The lowest BCUT2D eigenvalue weighted by atomic mass is 9.82. The summed E-state index contributed by atoms with van der Waals surface area (Å²) in [5.74, 6) is 2.32. The quantitative estimate of drug-likeness (QED) is 0.277. The fraction of sp³-hybridized carbons (Fsp3) is 0.517. The van der Waals surface area contributed by atoms with Crippen LogP contribution >= 0.6 is 0 Å². The maximum absolute atomic E-state index is 11.3. The van der Waals surface area contributed by atoms with Crippen molar-refractivity contribution in [2.45, 2.75) is 73.1 Å². The number of hydrogen-bond acceptors (Lipinski definition) is 5. The second kappa shape index (κ2) is 15.2. The monoisotopic (exact) mass is 468 g/mol. The first-order valence-electron chi connectivity index (χ1n) is 12.4. The lowest BCUT2D eigenvalue weighted by Gasteiger charge is -2.23. The number of aldehydes is 1. The van der Waals surface area contributed by atoms with Crippen LogP contribution in [0.1, 0.15) is 79.9 Å². The Bertz CT molecular complexity index is 916. The molecule has 5 nitrogen and oxygen atoms in total. The van der Waals surface area contributed by atoms with Gasteiger partial charge in [-0.15, -0.1) is 0 Å². The summed E-state index contributed by atoms with van der Waals surface area (Å²) < 4.78 is 5.15. The maximum atomic E-state index is 11.3. The number of nitrogens with two attached hydrogens (primary N) is 1. The van der Waals surface area contributed by atoms with Crippen LogP contribution in [0.3, 0.4) is 0 Å². The van der Waals surface area contributed by atoms with Gasteiger partial charge in [-0.2, -0.15) is 0 Å². The van der Waals surface area contributed by atoms with Gasteiger partial charge in [0.1, 0.15) is 12.0 Å². The third kappa shape index (κ3) is 9.20. The molecule has 2 aromatic carbocycles. The third-order valence-corrected chi connectivity index (χ3v) is 6.59. The molecule has 0 bridgehead atoms. The Morgan fingerprint density at radius 2 is 1.74 bits per heavy atom. The standard InChI is InChI=1S/C11H15NO.C9H13NO.C9H16O/c1-4-10-7(2)5-9(12)6-11(10)8(3)13;1-7-4-5-8(10-2)6-9(7)11-3;1-2-8-3-5-9(7-10)6-4-8/h5-6H,4,12H2,1-3H3;4-6,10H,1-3H3;7-9H,2-6H2,1H3. The number of rotatable bonds is 6. The number of methoxy groups -OCH3 is 1.